The maximum absolute atomic E-state index is 13.2. The van der Waals surface area contributed by atoms with E-state index < -0.39 is 17.5 Å². The predicted octanol–water partition coefficient (Wildman–Crippen LogP) is 3.38. The molecule has 0 bridgehead atoms. The number of hydrogen-bond acceptors (Lipinski definition) is 5. The van der Waals surface area contributed by atoms with E-state index in [1.807, 2.05) is 24.3 Å². The van der Waals surface area contributed by atoms with Crippen LogP contribution in [0, 0.1) is 0 Å². The highest BCUT2D eigenvalue weighted by atomic mass is 32.2. The standard InChI is InChI=1S/C23H25N3O4S/c1-15-12-13-25(18-6-4-5-7-19(18)31-15)20(27)14-26-21(28)23(2,24-22(26)29)16-8-10-17(30-3)11-9-16/h4-11,15H,12-14H2,1-3H3,(H,24,29)/t15-,23+/m0/s1. The second kappa shape index (κ2) is 8.26. The lowest BCUT2D eigenvalue weighted by atomic mass is 9.92. The van der Waals surface area contributed by atoms with Crippen molar-refractivity contribution in [1.29, 1.82) is 0 Å². The van der Waals surface area contributed by atoms with Crippen molar-refractivity contribution in [3.05, 3.63) is 54.1 Å². The lowest BCUT2D eigenvalue weighted by molar-refractivity contribution is -0.134. The molecule has 2 aliphatic rings. The summed E-state index contributed by atoms with van der Waals surface area (Å²) in [7, 11) is 1.56. The molecule has 2 heterocycles. The molecule has 0 saturated carbocycles. The van der Waals surface area contributed by atoms with Gasteiger partial charge in [0, 0.05) is 16.7 Å². The molecule has 0 spiro atoms. The first kappa shape index (κ1) is 21.2. The van der Waals surface area contributed by atoms with Gasteiger partial charge >= 0.3 is 6.03 Å². The zero-order valence-corrected chi connectivity index (χ0v) is 18.6. The molecule has 31 heavy (non-hydrogen) atoms. The zero-order chi connectivity index (χ0) is 22.2. The van der Waals surface area contributed by atoms with Crippen molar-refractivity contribution in [1.82, 2.24) is 10.2 Å². The van der Waals surface area contributed by atoms with Crippen LogP contribution in [0.15, 0.2) is 53.4 Å². The van der Waals surface area contributed by atoms with Gasteiger partial charge in [-0.2, -0.15) is 0 Å². The number of fused-ring (bicyclic) bond motifs is 1. The van der Waals surface area contributed by atoms with Crippen LogP contribution in [0.3, 0.4) is 0 Å². The van der Waals surface area contributed by atoms with E-state index in [0.717, 1.165) is 21.9 Å². The summed E-state index contributed by atoms with van der Waals surface area (Å²) in [5, 5.41) is 3.12. The van der Waals surface area contributed by atoms with Crippen molar-refractivity contribution in [2.24, 2.45) is 0 Å². The van der Waals surface area contributed by atoms with Crippen molar-refractivity contribution in [3.8, 4) is 5.75 Å². The number of carbonyl (C=O) groups excluding carboxylic acids is 3. The minimum Gasteiger partial charge on any atom is -0.497 e. The number of methoxy groups -OCH3 is 1. The summed E-state index contributed by atoms with van der Waals surface area (Å²) in [4.78, 5) is 42.8. The van der Waals surface area contributed by atoms with Gasteiger partial charge in [-0.15, -0.1) is 11.8 Å². The summed E-state index contributed by atoms with van der Waals surface area (Å²) in [5.41, 5.74) is 0.226. The number of rotatable bonds is 4. The lowest BCUT2D eigenvalue weighted by Crippen LogP contribution is -2.45. The van der Waals surface area contributed by atoms with Crippen LogP contribution in [0.25, 0.3) is 0 Å². The largest absolute Gasteiger partial charge is 0.497 e. The summed E-state index contributed by atoms with van der Waals surface area (Å²) in [6.07, 6.45) is 0.828. The van der Waals surface area contributed by atoms with Gasteiger partial charge in [0.05, 0.1) is 12.8 Å². The van der Waals surface area contributed by atoms with Crippen molar-refractivity contribution in [2.45, 2.75) is 36.0 Å². The van der Waals surface area contributed by atoms with E-state index in [4.69, 9.17) is 4.74 Å². The summed E-state index contributed by atoms with van der Waals surface area (Å²) >= 11 is 1.73. The van der Waals surface area contributed by atoms with Crippen LogP contribution in [0.5, 0.6) is 5.75 Å². The Hall–Kier alpha value is -3.00. The Balaban J connectivity index is 1.56. The first-order valence-electron chi connectivity index (χ1n) is 10.2. The highest BCUT2D eigenvalue weighted by molar-refractivity contribution is 8.00. The van der Waals surface area contributed by atoms with Gasteiger partial charge in [0.25, 0.3) is 5.91 Å². The molecular weight excluding hydrogens is 414 g/mol. The van der Waals surface area contributed by atoms with E-state index >= 15 is 0 Å². The number of thioether (sulfide) groups is 1. The normalized spacial score (nSPS) is 23.3. The Kier molecular flexibility index (Phi) is 5.66. The molecule has 2 aromatic rings. The maximum Gasteiger partial charge on any atom is 0.325 e. The molecule has 1 fully saturated rings. The van der Waals surface area contributed by atoms with E-state index in [9.17, 15) is 14.4 Å². The smallest absolute Gasteiger partial charge is 0.325 e. The molecule has 1 N–H and O–H groups in total. The van der Waals surface area contributed by atoms with Crippen LogP contribution in [-0.2, 0) is 15.1 Å². The average Bonchev–Trinajstić information content (AvgIpc) is 2.90. The Morgan fingerprint density at radius 3 is 2.61 bits per heavy atom. The molecule has 2 aliphatic heterocycles. The third-order valence-electron chi connectivity index (χ3n) is 5.78. The number of nitrogens with one attached hydrogen (secondary N) is 1. The topological polar surface area (TPSA) is 79.0 Å². The molecule has 0 unspecified atom stereocenters. The molecular formula is C23H25N3O4S. The third-order valence-corrected chi connectivity index (χ3v) is 7.02. The van der Waals surface area contributed by atoms with E-state index in [1.54, 1.807) is 55.0 Å². The summed E-state index contributed by atoms with van der Waals surface area (Å²) in [6.45, 7) is 4.03. The maximum atomic E-state index is 13.2. The van der Waals surface area contributed by atoms with Gasteiger partial charge in [-0.25, -0.2) is 4.79 Å². The highest BCUT2D eigenvalue weighted by Crippen LogP contribution is 2.37. The fourth-order valence-corrected chi connectivity index (χ4v) is 5.04. The van der Waals surface area contributed by atoms with Gasteiger partial charge in [0.2, 0.25) is 5.91 Å². The minimum absolute atomic E-state index is 0.273. The molecule has 7 nitrogen and oxygen atoms in total. The number of para-hydroxylation sites is 1. The summed E-state index contributed by atoms with van der Waals surface area (Å²) in [5.74, 6) is -0.0606. The molecule has 0 aliphatic carbocycles. The van der Waals surface area contributed by atoms with Crippen molar-refractivity contribution < 1.29 is 19.1 Å². The van der Waals surface area contributed by atoms with Gasteiger partial charge in [0.15, 0.2) is 0 Å². The second-order valence-electron chi connectivity index (χ2n) is 7.91. The second-order valence-corrected chi connectivity index (χ2v) is 9.39. The quantitative estimate of drug-likeness (QED) is 0.739. The number of anilines is 1. The van der Waals surface area contributed by atoms with Crippen molar-refractivity contribution >= 4 is 35.3 Å². The third kappa shape index (κ3) is 3.87. The van der Waals surface area contributed by atoms with Gasteiger partial charge in [-0.3, -0.25) is 14.5 Å². The molecule has 162 valence electrons. The lowest BCUT2D eigenvalue weighted by Gasteiger charge is -2.25. The number of hydrogen-bond donors (Lipinski definition) is 1. The molecule has 4 amide bonds. The Labute approximate surface area is 185 Å². The van der Waals surface area contributed by atoms with E-state index in [1.165, 1.54) is 0 Å². The fraction of sp³-hybridized carbons (Fsp3) is 0.348. The monoisotopic (exact) mass is 439 g/mol. The Morgan fingerprint density at radius 2 is 1.90 bits per heavy atom. The van der Waals surface area contributed by atoms with Crippen molar-refractivity contribution in [2.75, 3.05) is 25.1 Å². The molecule has 2 atom stereocenters. The SMILES string of the molecule is COc1ccc([C@@]2(C)NC(=O)N(CC(=O)N3CC[C@H](C)Sc4ccccc43)C2=O)cc1. The number of amides is 4. The van der Waals surface area contributed by atoms with Crippen LogP contribution in [-0.4, -0.2) is 48.2 Å². The van der Waals surface area contributed by atoms with Gasteiger partial charge in [-0.05, 0) is 43.2 Å². The molecule has 4 rings (SSSR count). The van der Waals surface area contributed by atoms with Crippen LogP contribution < -0.4 is 15.0 Å². The van der Waals surface area contributed by atoms with E-state index in [2.05, 4.69) is 12.2 Å². The van der Waals surface area contributed by atoms with Crippen molar-refractivity contribution in [3.63, 3.8) is 0 Å². The molecule has 2 aromatic carbocycles. The summed E-state index contributed by atoms with van der Waals surface area (Å²) < 4.78 is 5.17. The molecule has 8 heteroatoms. The predicted molar refractivity (Wildman–Crippen MR) is 119 cm³/mol. The minimum atomic E-state index is -1.23. The Morgan fingerprint density at radius 1 is 1.19 bits per heavy atom. The first-order chi connectivity index (χ1) is 14.8. The van der Waals surface area contributed by atoms with Crippen LogP contribution in [0.4, 0.5) is 10.5 Å². The molecule has 0 aromatic heterocycles. The fourth-order valence-electron chi connectivity index (χ4n) is 3.93. The number of imide groups is 1. The number of urea groups is 1. The number of nitrogens with zero attached hydrogens (tertiary/aromatic N) is 2. The Bertz CT molecular complexity index is 1030. The summed E-state index contributed by atoms with van der Waals surface area (Å²) in [6, 6.07) is 14.1. The molecule has 0 radical (unpaired) electrons. The van der Waals surface area contributed by atoms with Gasteiger partial charge in [-0.1, -0.05) is 31.2 Å². The number of benzene rings is 2. The zero-order valence-electron chi connectivity index (χ0n) is 17.8. The number of ether oxygens (including phenoxy) is 1. The van der Waals surface area contributed by atoms with Crippen LogP contribution >= 0.6 is 11.8 Å². The number of carbonyl (C=O) groups is 3. The average molecular weight is 440 g/mol. The highest BCUT2D eigenvalue weighted by Gasteiger charge is 2.49. The van der Waals surface area contributed by atoms with Gasteiger partial charge < -0.3 is 15.0 Å². The van der Waals surface area contributed by atoms with E-state index in [0.29, 0.717) is 23.1 Å². The molecule has 1 saturated heterocycles. The first-order valence-corrected chi connectivity index (χ1v) is 11.1. The van der Waals surface area contributed by atoms with Gasteiger partial charge in [0.1, 0.15) is 17.8 Å². The van der Waals surface area contributed by atoms with E-state index in [-0.39, 0.29) is 12.5 Å². The van der Waals surface area contributed by atoms with Crippen LogP contribution in [0.1, 0.15) is 25.8 Å². The van der Waals surface area contributed by atoms with Crippen LogP contribution in [0.2, 0.25) is 0 Å².